The number of alkyl halides is 3. The number of amides is 1. The van der Waals surface area contributed by atoms with Crippen molar-refractivity contribution in [3.63, 3.8) is 0 Å². The minimum Gasteiger partial charge on any atom is -0.475 e. The summed E-state index contributed by atoms with van der Waals surface area (Å²) < 4.78 is 56.5. The predicted molar refractivity (Wildman–Crippen MR) is 137 cm³/mol. The summed E-state index contributed by atoms with van der Waals surface area (Å²) in [6.07, 6.45) is -1.39. The van der Waals surface area contributed by atoms with Crippen molar-refractivity contribution in [2.75, 3.05) is 35.3 Å². The molecule has 0 aliphatic carbocycles. The van der Waals surface area contributed by atoms with Gasteiger partial charge in [-0.2, -0.15) is 13.2 Å². The number of hydrogen-bond acceptors (Lipinski definition) is 10. The smallest absolute Gasteiger partial charge is 0.416 e. The van der Waals surface area contributed by atoms with Crippen molar-refractivity contribution in [1.29, 1.82) is 0 Å². The van der Waals surface area contributed by atoms with Gasteiger partial charge in [-0.1, -0.05) is 12.1 Å². The number of anilines is 3. The average molecular weight is 558 g/mol. The summed E-state index contributed by atoms with van der Waals surface area (Å²) in [5.41, 5.74) is 0.0696. The summed E-state index contributed by atoms with van der Waals surface area (Å²) in [5, 5.41) is 6.11. The van der Waals surface area contributed by atoms with Gasteiger partial charge in [-0.05, 0) is 32.4 Å². The van der Waals surface area contributed by atoms with Gasteiger partial charge in [-0.3, -0.25) is 4.79 Å². The van der Waals surface area contributed by atoms with Crippen LogP contribution in [0.5, 0.6) is 5.88 Å². The van der Waals surface area contributed by atoms with E-state index < -0.39 is 23.6 Å². The van der Waals surface area contributed by atoms with Crippen LogP contribution < -0.4 is 20.3 Å². The molecule has 2 fully saturated rings. The van der Waals surface area contributed by atoms with E-state index in [2.05, 4.69) is 30.6 Å². The van der Waals surface area contributed by atoms with E-state index in [1.807, 2.05) is 18.7 Å². The van der Waals surface area contributed by atoms with Crippen molar-refractivity contribution in [3.05, 3.63) is 48.4 Å². The van der Waals surface area contributed by atoms with Crippen LogP contribution in [0.1, 0.15) is 25.8 Å². The zero-order chi connectivity index (χ0) is 28.1. The number of ether oxygens (including phenoxy) is 3. The molecule has 1 aromatic carbocycles. The number of hydrogen-bond donors (Lipinski definition) is 2. The minimum absolute atomic E-state index is 0.0744. The molecule has 3 aliphatic rings. The summed E-state index contributed by atoms with van der Waals surface area (Å²) in [5.74, 6) is 0.252. The van der Waals surface area contributed by atoms with Gasteiger partial charge in [0.15, 0.2) is 17.4 Å². The topological polar surface area (TPSA) is 124 Å². The number of carbonyl (C=O) groups is 1. The van der Waals surface area contributed by atoms with Crippen LogP contribution in [0.25, 0.3) is 11.4 Å². The molecule has 2 saturated heterocycles. The standard InChI is InChI=1S/C26H26F3N7O4/c1-25(2)39-12-17(40-25)11-38-21-8-20(31-13-32-21)34-24(37)18-7-16-10-36(18)19-9-30-22(35-23(19)33-16)14-4-3-5-15(6-14)26(27,28)29/h3-6,8-9,13,16-18H,7,10-12H2,1-2H3,(H,30,33,35)(H,31,32,34,37)/t16-,17-,18?/m0/s1. The third-order valence-electron chi connectivity index (χ3n) is 6.85. The lowest BCUT2D eigenvalue weighted by atomic mass is 10.1. The SMILES string of the molecule is CC1(C)OC[C@H](COc2cc(NC(=O)C3C[C@H]4CN3c3cnc(-c5cccc(C(F)(F)F)c5)nc3N4)ncn2)O1. The molecule has 40 heavy (non-hydrogen) atoms. The van der Waals surface area contributed by atoms with Gasteiger partial charge >= 0.3 is 6.18 Å². The molecular formula is C26H26F3N7O4. The number of nitrogens with one attached hydrogen (secondary N) is 2. The van der Waals surface area contributed by atoms with E-state index in [9.17, 15) is 18.0 Å². The first-order valence-electron chi connectivity index (χ1n) is 12.7. The molecule has 210 valence electrons. The van der Waals surface area contributed by atoms with Crippen molar-refractivity contribution in [3.8, 4) is 17.3 Å². The highest BCUT2D eigenvalue weighted by Gasteiger charge is 2.42. The Morgan fingerprint density at radius 1 is 1.25 bits per heavy atom. The second kappa shape index (κ2) is 9.86. The van der Waals surface area contributed by atoms with Gasteiger partial charge in [0.1, 0.15) is 30.9 Å². The molecule has 2 N–H and O–H groups in total. The third kappa shape index (κ3) is 5.36. The van der Waals surface area contributed by atoms with E-state index >= 15 is 0 Å². The molecule has 2 bridgehead atoms. The molecule has 14 heteroatoms. The predicted octanol–water partition coefficient (Wildman–Crippen LogP) is 3.49. The van der Waals surface area contributed by atoms with E-state index in [4.69, 9.17) is 14.2 Å². The fourth-order valence-electron chi connectivity index (χ4n) is 5.03. The van der Waals surface area contributed by atoms with E-state index in [1.54, 1.807) is 0 Å². The summed E-state index contributed by atoms with van der Waals surface area (Å²) in [4.78, 5) is 32.2. The van der Waals surface area contributed by atoms with E-state index in [1.165, 1.54) is 30.7 Å². The first kappa shape index (κ1) is 26.2. The highest BCUT2D eigenvalue weighted by Crippen LogP contribution is 2.39. The lowest BCUT2D eigenvalue weighted by Gasteiger charge is -2.30. The Hall–Kier alpha value is -4.04. The molecule has 0 spiro atoms. The van der Waals surface area contributed by atoms with Crippen molar-refractivity contribution >= 4 is 23.2 Å². The summed E-state index contributed by atoms with van der Waals surface area (Å²) in [7, 11) is 0. The number of nitrogens with zero attached hydrogens (tertiary/aromatic N) is 5. The van der Waals surface area contributed by atoms with Crippen molar-refractivity contribution in [2.24, 2.45) is 0 Å². The third-order valence-corrected chi connectivity index (χ3v) is 6.85. The Morgan fingerprint density at radius 3 is 2.88 bits per heavy atom. The quantitative estimate of drug-likeness (QED) is 0.466. The number of aromatic nitrogens is 4. The van der Waals surface area contributed by atoms with Gasteiger partial charge in [0.05, 0.1) is 24.1 Å². The fraction of sp³-hybridized carbons (Fsp3) is 0.423. The maximum absolute atomic E-state index is 13.3. The molecule has 11 nitrogen and oxygen atoms in total. The number of benzene rings is 1. The molecule has 2 aromatic heterocycles. The normalized spacial score (nSPS) is 22.9. The molecule has 3 aliphatic heterocycles. The molecule has 5 heterocycles. The molecule has 3 atom stereocenters. The Morgan fingerprint density at radius 2 is 2.10 bits per heavy atom. The van der Waals surface area contributed by atoms with Gasteiger partial charge in [0, 0.05) is 24.2 Å². The molecule has 1 amide bonds. The van der Waals surface area contributed by atoms with E-state index in [-0.39, 0.29) is 47.7 Å². The van der Waals surface area contributed by atoms with Crippen molar-refractivity contribution in [2.45, 2.75) is 50.4 Å². The second-order valence-electron chi connectivity index (χ2n) is 10.2. The van der Waals surface area contributed by atoms with Gasteiger partial charge in [0.25, 0.3) is 0 Å². The van der Waals surface area contributed by atoms with Gasteiger partial charge < -0.3 is 29.7 Å². The maximum Gasteiger partial charge on any atom is 0.416 e. The van der Waals surface area contributed by atoms with Gasteiger partial charge in [-0.15, -0.1) is 0 Å². The molecular weight excluding hydrogens is 531 g/mol. The first-order valence-corrected chi connectivity index (χ1v) is 12.7. The van der Waals surface area contributed by atoms with Crippen LogP contribution in [0.15, 0.2) is 42.9 Å². The number of halogens is 3. The zero-order valence-corrected chi connectivity index (χ0v) is 21.6. The molecule has 0 saturated carbocycles. The van der Waals surface area contributed by atoms with Crippen LogP contribution in [-0.2, 0) is 20.4 Å². The number of rotatable bonds is 6. The summed E-state index contributed by atoms with van der Waals surface area (Å²) in [6, 6.07) is 5.80. The first-order chi connectivity index (χ1) is 19.0. The lowest BCUT2D eigenvalue weighted by Crippen LogP contribution is -2.41. The number of carbonyl (C=O) groups excluding carboxylic acids is 1. The maximum atomic E-state index is 13.3. The van der Waals surface area contributed by atoms with Crippen LogP contribution in [0, 0.1) is 0 Å². The monoisotopic (exact) mass is 557 g/mol. The molecule has 6 rings (SSSR count). The highest BCUT2D eigenvalue weighted by atomic mass is 19.4. The Kier molecular flexibility index (Phi) is 6.45. The molecule has 0 radical (unpaired) electrons. The largest absolute Gasteiger partial charge is 0.475 e. The Labute approximate surface area is 227 Å². The summed E-state index contributed by atoms with van der Waals surface area (Å²) in [6.45, 7) is 4.84. The second-order valence-corrected chi connectivity index (χ2v) is 10.2. The van der Waals surface area contributed by atoms with Gasteiger partial charge in [-0.25, -0.2) is 19.9 Å². The lowest BCUT2D eigenvalue weighted by molar-refractivity contribution is -0.141. The Bertz CT molecular complexity index is 1440. The van der Waals surface area contributed by atoms with Crippen molar-refractivity contribution in [1.82, 2.24) is 19.9 Å². The minimum atomic E-state index is -4.47. The van der Waals surface area contributed by atoms with Crippen LogP contribution >= 0.6 is 0 Å². The average Bonchev–Trinajstić information content (AvgIpc) is 3.45. The fourth-order valence-corrected chi connectivity index (χ4v) is 5.03. The van der Waals surface area contributed by atoms with Crippen LogP contribution in [0.2, 0.25) is 0 Å². The van der Waals surface area contributed by atoms with E-state index in [0.717, 1.165) is 12.1 Å². The van der Waals surface area contributed by atoms with Gasteiger partial charge in [0.2, 0.25) is 11.8 Å². The number of fused-ring (bicyclic) bond motifs is 4. The van der Waals surface area contributed by atoms with E-state index in [0.29, 0.717) is 31.1 Å². The van der Waals surface area contributed by atoms with Crippen LogP contribution in [0.4, 0.5) is 30.5 Å². The van der Waals surface area contributed by atoms with Crippen LogP contribution in [-0.4, -0.2) is 69.6 Å². The van der Waals surface area contributed by atoms with Crippen molar-refractivity contribution < 1.29 is 32.2 Å². The molecule has 1 unspecified atom stereocenters. The molecule has 3 aromatic rings. The van der Waals surface area contributed by atoms with Crippen LogP contribution in [0.3, 0.4) is 0 Å². The zero-order valence-electron chi connectivity index (χ0n) is 21.6. The summed E-state index contributed by atoms with van der Waals surface area (Å²) >= 11 is 0. The highest BCUT2D eigenvalue weighted by molar-refractivity contribution is 5.98. The Balaban J connectivity index is 1.14.